The molecule has 2 N–H and O–H groups in total. The molecule has 1 atom stereocenters. The Morgan fingerprint density at radius 3 is 2.56 bits per heavy atom. The van der Waals surface area contributed by atoms with Gasteiger partial charge in [0.25, 0.3) is 0 Å². The summed E-state index contributed by atoms with van der Waals surface area (Å²) in [5.41, 5.74) is 0. The van der Waals surface area contributed by atoms with Gasteiger partial charge < -0.3 is 24.8 Å². The molecular weight excluding hydrogens is 523 g/mol. The number of carbonyl (C=O) groups is 1. The predicted molar refractivity (Wildman–Crippen MR) is 135 cm³/mol. The maximum atomic E-state index is 12.0. The van der Waals surface area contributed by atoms with Gasteiger partial charge in [0.2, 0.25) is 0 Å². The zero-order valence-electron chi connectivity index (χ0n) is 19.8. The molecule has 0 radical (unpaired) electrons. The number of amides is 1. The van der Waals surface area contributed by atoms with Gasteiger partial charge >= 0.3 is 6.09 Å². The largest absolute Gasteiger partial charge is 0.450 e. The number of guanidine groups is 1. The molecule has 32 heavy (non-hydrogen) atoms. The first-order valence-corrected chi connectivity index (χ1v) is 11.6. The molecule has 1 aromatic rings. The molecule has 1 aromatic heterocycles. The summed E-state index contributed by atoms with van der Waals surface area (Å²) in [4.78, 5) is 21.1. The van der Waals surface area contributed by atoms with Crippen LogP contribution in [0.3, 0.4) is 0 Å². The molecular formula is C21H39IN8O2. The van der Waals surface area contributed by atoms with Crippen LogP contribution in [0.25, 0.3) is 0 Å². The van der Waals surface area contributed by atoms with Gasteiger partial charge in [-0.05, 0) is 52.6 Å². The van der Waals surface area contributed by atoms with Crippen LogP contribution >= 0.6 is 24.0 Å². The molecule has 2 saturated heterocycles. The van der Waals surface area contributed by atoms with E-state index in [0.29, 0.717) is 32.3 Å². The summed E-state index contributed by atoms with van der Waals surface area (Å²) >= 11 is 0. The van der Waals surface area contributed by atoms with E-state index in [2.05, 4.69) is 32.7 Å². The summed E-state index contributed by atoms with van der Waals surface area (Å²) in [6.07, 6.45) is 3.99. The summed E-state index contributed by atoms with van der Waals surface area (Å²) < 4.78 is 7.09. The zero-order valence-corrected chi connectivity index (χ0v) is 22.2. The van der Waals surface area contributed by atoms with E-state index in [4.69, 9.17) is 9.73 Å². The summed E-state index contributed by atoms with van der Waals surface area (Å²) in [6.45, 7) is 11.4. The number of aromatic nitrogens is 3. The van der Waals surface area contributed by atoms with E-state index in [1.807, 2.05) is 25.5 Å². The van der Waals surface area contributed by atoms with Gasteiger partial charge in [0.05, 0.1) is 6.61 Å². The van der Waals surface area contributed by atoms with Crippen molar-refractivity contribution >= 4 is 36.0 Å². The van der Waals surface area contributed by atoms with Crippen molar-refractivity contribution in [2.24, 2.45) is 12.0 Å². The highest BCUT2D eigenvalue weighted by atomic mass is 127. The van der Waals surface area contributed by atoms with Crippen LogP contribution in [0, 0.1) is 6.92 Å². The van der Waals surface area contributed by atoms with E-state index in [0.717, 1.165) is 43.5 Å². The Bertz CT molecular complexity index is 748. The molecule has 0 saturated carbocycles. The van der Waals surface area contributed by atoms with Crippen LogP contribution < -0.4 is 10.6 Å². The second-order valence-electron chi connectivity index (χ2n) is 8.30. The minimum Gasteiger partial charge on any atom is -0.450 e. The van der Waals surface area contributed by atoms with Crippen LogP contribution in [0.4, 0.5) is 4.79 Å². The van der Waals surface area contributed by atoms with Gasteiger partial charge in [-0.3, -0.25) is 4.90 Å². The van der Waals surface area contributed by atoms with Crippen molar-refractivity contribution in [3.8, 4) is 0 Å². The molecule has 0 aromatic carbocycles. The van der Waals surface area contributed by atoms with Crippen molar-refractivity contribution in [3.05, 3.63) is 11.6 Å². The van der Waals surface area contributed by atoms with Gasteiger partial charge in [-0.25, -0.2) is 9.79 Å². The molecule has 2 aliphatic heterocycles. The highest BCUT2D eigenvalue weighted by molar-refractivity contribution is 14.0. The van der Waals surface area contributed by atoms with E-state index in [-0.39, 0.29) is 36.1 Å². The molecule has 1 amide bonds. The molecule has 0 spiro atoms. The summed E-state index contributed by atoms with van der Waals surface area (Å²) in [7, 11) is 1.96. The van der Waals surface area contributed by atoms with E-state index >= 15 is 0 Å². The highest BCUT2D eigenvalue weighted by Crippen LogP contribution is 2.16. The Labute approximate surface area is 208 Å². The zero-order chi connectivity index (χ0) is 22.2. The maximum absolute atomic E-state index is 12.0. The third-order valence-electron chi connectivity index (χ3n) is 6.33. The van der Waals surface area contributed by atoms with Crippen LogP contribution in [0.2, 0.25) is 0 Å². The Balaban J connectivity index is 0.00000363. The number of nitrogens with one attached hydrogen (secondary N) is 2. The lowest BCUT2D eigenvalue weighted by Gasteiger charge is -2.32. The van der Waals surface area contributed by atoms with Crippen molar-refractivity contribution in [2.75, 3.05) is 39.3 Å². The maximum Gasteiger partial charge on any atom is 0.409 e. The van der Waals surface area contributed by atoms with Crippen LogP contribution in [-0.2, 0) is 18.3 Å². The van der Waals surface area contributed by atoms with E-state index in [1.165, 1.54) is 19.4 Å². The lowest BCUT2D eigenvalue weighted by molar-refractivity contribution is 0.0963. The average molecular weight is 563 g/mol. The SMILES string of the molecule is CCOC(=O)N1CCC(NC(=NCc2nnc(C)n2C)NCC2CCCN2CC)CC1.I. The Kier molecular flexibility index (Phi) is 11.0. The molecule has 0 bridgehead atoms. The fraction of sp³-hybridized carbons (Fsp3) is 0.810. The monoisotopic (exact) mass is 562 g/mol. The van der Waals surface area contributed by atoms with Gasteiger partial charge in [0, 0.05) is 38.8 Å². The lowest BCUT2D eigenvalue weighted by atomic mass is 10.1. The number of rotatable bonds is 7. The van der Waals surface area contributed by atoms with E-state index in [1.54, 1.807) is 4.90 Å². The number of nitrogens with zero attached hydrogens (tertiary/aromatic N) is 6. The van der Waals surface area contributed by atoms with Crippen LogP contribution in [0.5, 0.6) is 0 Å². The molecule has 2 aliphatic rings. The van der Waals surface area contributed by atoms with Gasteiger partial charge in [-0.1, -0.05) is 6.92 Å². The van der Waals surface area contributed by atoms with Crippen molar-refractivity contribution < 1.29 is 9.53 Å². The minimum atomic E-state index is -0.216. The summed E-state index contributed by atoms with van der Waals surface area (Å²) in [5.74, 6) is 2.52. The Morgan fingerprint density at radius 2 is 1.94 bits per heavy atom. The van der Waals surface area contributed by atoms with Crippen LogP contribution in [0.1, 0.15) is 51.2 Å². The molecule has 1 unspecified atom stereocenters. The van der Waals surface area contributed by atoms with Crippen LogP contribution in [-0.4, -0.2) is 88.0 Å². The minimum absolute atomic E-state index is 0. The third-order valence-corrected chi connectivity index (χ3v) is 6.33. The van der Waals surface area contributed by atoms with Gasteiger partial charge in [-0.15, -0.1) is 34.2 Å². The van der Waals surface area contributed by atoms with E-state index in [9.17, 15) is 4.79 Å². The van der Waals surface area contributed by atoms with Crippen molar-refractivity contribution in [1.29, 1.82) is 0 Å². The average Bonchev–Trinajstić information content (AvgIpc) is 3.37. The number of halogens is 1. The van der Waals surface area contributed by atoms with Crippen LogP contribution in [0.15, 0.2) is 4.99 Å². The lowest BCUT2D eigenvalue weighted by Crippen LogP contribution is -2.51. The molecule has 10 nitrogen and oxygen atoms in total. The Hall–Kier alpha value is -1.63. The number of hydrogen-bond donors (Lipinski definition) is 2. The number of likely N-dealkylation sites (tertiary alicyclic amines) is 2. The molecule has 0 aliphatic carbocycles. The Morgan fingerprint density at radius 1 is 1.19 bits per heavy atom. The molecule has 3 heterocycles. The molecule has 11 heteroatoms. The molecule has 3 rings (SSSR count). The van der Waals surface area contributed by atoms with E-state index < -0.39 is 0 Å². The topological polar surface area (TPSA) is 99.9 Å². The highest BCUT2D eigenvalue weighted by Gasteiger charge is 2.26. The fourth-order valence-corrected chi connectivity index (χ4v) is 4.26. The summed E-state index contributed by atoms with van der Waals surface area (Å²) in [5, 5.41) is 15.5. The molecule has 2 fully saturated rings. The standard InChI is InChI=1S/C21H38N8O2.HI/c1-5-28-11-7-8-18(28)14-22-20(23-15-19-26-25-16(3)27(19)4)24-17-9-12-29(13-10-17)21(30)31-6-2;/h17-18H,5-15H2,1-4H3,(H2,22,23,24);1H. The third kappa shape index (κ3) is 7.19. The van der Waals surface area contributed by atoms with Gasteiger partial charge in [0.1, 0.15) is 12.4 Å². The predicted octanol–water partition coefficient (Wildman–Crippen LogP) is 1.88. The second kappa shape index (κ2) is 13.2. The number of ether oxygens (including phenoxy) is 1. The first kappa shape index (κ1) is 26.6. The first-order chi connectivity index (χ1) is 15.0. The fourth-order valence-electron chi connectivity index (χ4n) is 4.26. The quantitative estimate of drug-likeness (QED) is 0.298. The number of piperidine rings is 1. The van der Waals surface area contributed by atoms with Crippen molar-refractivity contribution in [3.63, 3.8) is 0 Å². The number of aliphatic imine (C=N–C) groups is 1. The molecule has 182 valence electrons. The number of carbonyl (C=O) groups excluding carboxylic acids is 1. The second-order valence-corrected chi connectivity index (χ2v) is 8.30. The number of aryl methyl sites for hydroxylation is 1. The van der Waals surface area contributed by atoms with Gasteiger partial charge in [0.15, 0.2) is 11.8 Å². The smallest absolute Gasteiger partial charge is 0.409 e. The first-order valence-electron chi connectivity index (χ1n) is 11.6. The van der Waals surface area contributed by atoms with Crippen molar-refractivity contribution in [1.82, 2.24) is 35.2 Å². The van der Waals surface area contributed by atoms with Crippen molar-refractivity contribution in [2.45, 2.75) is 65.1 Å². The number of likely N-dealkylation sites (N-methyl/N-ethyl adjacent to an activating group) is 1. The van der Waals surface area contributed by atoms with Gasteiger partial charge in [-0.2, -0.15) is 0 Å². The normalized spacial score (nSPS) is 20.2. The summed E-state index contributed by atoms with van der Waals surface area (Å²) in [6, 6.07) is 0.809. The number of hydrogen-bond acceptors (Lipinski definition) is 6.